The van der Waals surface area contributed by atoms with E-state index in [9.17, 15) is 18.5 Å². The molecule has 0 bridgehead atoms. The van der Waals surface area contributed by atoms with E-state index in [0.717, 1.165) is 6.26 Å². The van der Waals surface area contributed by atoms with Crippen LogP contribution in [0.25, 0.3) is 0 Å². The largest absolute Gasteiger partial charge is 0.272 e. The minimum atomic E-state index is -3.36. The fraction of sp³-hybridized carbons (Fsp3) is 0.200. The highest BCUT2D eigenvalue weighted by molar-refractivity contribution is 7.95. The van der Waals surface area contributed by atoms with E-state index in [1.807, 2.05) is 0 Å². The second kappa shape index (κ2) is 4.33. The van der Waals surface area contributed by atoms with Crippen LogP contribution in [0.2, 0.25) is 0 Å². The van der Waals surface area contributed by atoms with Crippen LogP contribution >= 0.6 is 0 Å². The summed E-state index contributed by atoms with van der Waals surface area (Å²) >= 11 is 0. The first-order chi connectivity index (χ1) is 7.29. The van der Waals surface area contributed by atoms with Gasteiger partial charge in [-0.05, 0) is 19.1 Å². The van der Waals surface area contributed by atoms with Crippen LogP contribution < -0.4 is 0 Å². The molecule has 0 unspecified atom stereocenters. The highest BCUT2D eigenvalue weighted by Crippen LogP contribution is 2.18. The van der Waals surface area contributed by atoms with Crippen LogP contribution in [-0.2, 0) is 9.84 Å². The van der Waals surface area contributed by atoms with Crippen LogP contribution in [-0.4, -0.2) is 19.6 Å². The van der Waals surface area contributed by atoms with Gasteiger partial charge in [-0.1, -0.05) is 5.92 Å². The molecular formula is C10H9NO4S. The van der Waals surface area contributed by atoms with E-state index in [-0.39, 0.29) is 5.69 Å². The average molecular weight is 239 g/mol. The number of sulfone groups is 1. The lowest BCUT2D eigenvalue weighted by Gasteiger charge is -1.96. The smallest absolute Gasteiger partial charge is 0.258 e. The standard InChI is InChI=1S/C10H9NO4S/c1-8-7-9(5-6-16(2,14)15)3-4-10(8)11(12)13/h3-4,7H,1-2H3. The summed E-state index contributed by atoms with van der Waals surface area (Å²) in [6.45, 7) is 1.57. The van der Waals surface area contributed by atoms with Gasteiger partial charge in [-0.15, -0.1) is 0 Å². The summed E-state index contributed by atoms with van der Waals surface area (Å²) in [6.07, 6.45) is 0.998. The number of nitro benzene ring substituents is 1. The molecule has 0 N–H and O–H groups in total. The SMILES string of the molecule is Cc1cc(C#CS(C)(=O)=O)ccc1[N+](=O)[O-]. The summed E-state index contributed by atoms with van der Waals surface area (Å²) < 4.78 is 21.6. The molecule has 6 heteroatoms. The summed E-state index contributed by atoms with van der Waals surface area (Å²) in [5, 5.41) is 12.6. The molecule has 0 amide bonds. The molecule has 0 aliphatic heterocycles. The molecule has 0 aliphatic rings. The highest BCUT2D eigenvalue weighted by Gasteiger charge is 2.09. The van der Waals surface area contributed by atoms with Crippen molar-refractivity contribution in [2.24, 2.45) is 0 Å². The van der Waals surface area contributed by atoms with E-state index in [4.69, 9.17) is 0 Å². The van der Waals surface area contributed by atoms with Crippen molar-refractivity contribution in [3.05, 3.63) is 39.4 Å². The molecule has 16 heavy (non-hydrogen) atoms. The Kier molecular flexibility index (Phi) is 3.30. The van der Waals surface area contributed by atoms with Crippen molar-refractivity contribution in [2.75, 3.05) is 6.26 Å². The fourth-order valence-corrected chi connectivity index (χ4v) is 1.39. The van der Waals surface area contributed by atoms with Gasteiger partial charge in [0.2, 0.25) is 9.84 Å². The highest BCUT2D eigenvalue weighted by atomic mass is 32.2. The number of nitrogens with zero attached hydrogens (tertiary/aromatic N) is 1. The molecule has 5 nitrogen and oxygen atoms in total. The fourth-order valence-electron chi connectivity index (χ4n) is 1.09. The topological polar surface area (TPSA) is 77.3 Å². The number of aryl methyl sites for hydroxylation is 1. The van der Waals surface area contributed by atoms with Gasteiger partial charge in [0.25, 0.3) is 5.69 Å². The summed E-state index contributed by atoms with van der Waals surface area (Å²) in [5.74, 6) is 2.43. The average Bonchev–Trinajstić information content (AvgIpc) is 2.13. The van der Waals surface area contributed by atoms with E-state index in [1.54, 1.807) is 6.92 Å². The molecule has 0 radical (unpaired) electrons. The molecule has 1 rings (SSSR count). The minimum absolute atomic E-state index is 0.00935. The van der Waals surface area contributed by atoms with Crippen LogP contribution in [0.15, 0.2) is 18.2 Å². The van der Waals surface area contributed by atoms with Crippen molar-refractivity contribution in [1.29, 1.82) is 0 Å². The normalized spacial score (nSPS) is 10.4. The van der Waals surface area contributed by atoms with E-state index < -0.39 is 14.8 Å². The van der Waals surface area contributed by atoms with Crippen LogP contribution in [0.3, 0.4) is 0 Å². The molecule has 0 aliphatic carbocycles. The molecule has 1 aromatic rings. The first-order valence-corrected chi connectivity index (χ1v) is 6.16. The van der Waals surface area contributed by atoms with Crippen molar-refractivity contribution in [3.63, 3.8) is 0 Å². The molecule has 0 spiro atoms. The van der Waals surface area contributed by atoms with E-state index >= 15 is 0 Å². The molecular weight excluding hydrogens is 230 g/mol. The first-order valence-electron chi connectivity index (χ1n) is 4.27. The zero-order chi connectivity index (χ0) is 12.3. The zero-order valence-corrected chi connectivity index (χ0v) is 9.54. The molecule has 0 atom stereocenters. The van der Waals surface area contributed by atoms with Crippen LogP contribution in [0, 0.1) is 28.2 Å². The Morgan fingerprint density at radius 2 is 2.00 bits per heavy atom. The lowest BCUT2D eigenvalue weighted by atomic mass is 10.1. The Hall–Kier alpha value is -1.87. The van der Waals surface area contributed by atoms with Gasteiger partial charge in [0, 0.05) is 22.4 Å². The summed E-state index contributed by atoms with van der Waals surface area (Å²) in [6, 6.07) is 4.21. The van der Waals surface area contributed by atoms with E-state index in [2.05, 4.69) is 11.2 Å². The Labute approximate surface area is 93.2 Å². The second-order valence-corrected chi connectivity index (χ2v) is 5.01. The third-order valence-electron chi connectivity index (χ3n) is 1.77. The summed E-state index contributed by atoms with van der Waals surface area (Å²) in [4.78, 5) is 10.0. The Balaban J connectivity index is 3.16. The number of nitro groups is 1. The van der Waals surface area contributed by atoms with Gasteiger partial charge in [0.1, 0.15) is 0 Å². The molecule has 0 heterocycles. The van der Waals surface area contributed by atoms with Crippen molar-refractivity contribution in [1.82, 2.24) is 0 Å². The molecule has 0 aromatic heterocycles. The maximum absolute atomic E-state index is 10.8. The van der Waals surface area contributed by atoms with E-state index in [0.29, 0.717) is 11.1 Å². The maximum Gasteiger partial charge on any atom is 0.272 e. The van der Waals surface area contributed by atoms with Gasteiger partial charge in [0.05, 0.1) is 11.2 Å². The summed E-state index contributed by atoms with van der Waals surface area (Å²) in [7, 11) is -3.36. The number of hydrogen-bond acceptors (Lipinski definition) is 4. The van der Waals surface area contributed by atoms with Crippen molar-refractivity contribution in [3.8, 4) is 11.2 Å². The van der Waals surface area contributed by atoms with Crippen molar-refractivity contribution >= 4 is 15.5 Å². The van der Waals surface area contributed by atoms with Crippen LogP contribution in [0.1, 0.15) is 11.1 Å². The van der Waals surface area contributed by atoms with E-state index in [1.165, 1.54) is 18.2 Å². The van der Waals surface area contributed by atoms with Crippen molar-refractivity contribution < 1.29 is 13.3 Å². The quantitative estimate of drug-likeness (QED) is 0.420. The molecule has 0 fully saturated rings. The second-order valence-electron chi connectivity index (χ2n) is 3.26. The predicted octanol–water partition coefficient (Wildman–Crippen LogP) is 1.26. The molecule has 0 saturated carbocycles. The first kappa shape index (κ1) is 12.2. The Bertz CT molecular complexity index is 593. The Morgan fingerprint density at radius 1 is 1.38 bits per heavy atom. The van der Waals surface area contributed by atoms with Crippen LogP contribution in [0.5, 0.6) is 0 Å². The van der Waals surface area contributed by atoms with Gasteiger partial charge < -0.3 is 0 Å². The summed E-state index contributed by atoms with van der Waals surface area (Å²) in [5.41, 5.74) is 0.878. The van der Waals surface area contributed by atoms with Gasteiger partial charge >= 0.3 is 0 Å². The van der Waals surface area contributed by atoms with Gasteiger partial charge in [0.15, 0.2) is 0 Å². The minimum Gasteiger partial charge on any atom is -0.258 e. The number of benzene rings is 1. The monoisotopic (exact) mass is 239 g/mol. The Morgan fingerprint density at radius 3 is 2.44 bits per heavy atom. The lowest BCUT2D eigenvalue weighted by Crippen LogP contribution is -1.92. The third kappa shape index (κ3) is 3.37. The number of hydrogen-bond donors (Lipinski definition) is 0. The zero-order valence-electron chi connectivity index (χ0n) is 8.72. The van der Waals surface area contributed by atoms with Gasteiger partial charge in [-0.3, -0.25) is 10.1 Å². The van der Waals surface area contributed by atoms with Crippen molar-refractivity contribution in [2.45, 2.75) is 6.92 Å². The predicted molar refractivity (Wildman–Crippen MR) is 59.6 cm³/mol. The third-order valence-corrected chi connectivity index (χ3v) is 2.25. The molecule has 84 valence electrons. The molecule has 0 saturated heterocycles. The van der Waals surface area contributed by atoms with Gasteiger partial charge in [-0.25, -0.2) is 8.42 Å². The van der Waals surface area contributed by atoms with Gasteiger partial charge in [-0.2, -0.15) is 0 Å². The number of rotatable bonds is 1. The lowest BCUT2D eigenvalue weighted by molar-refractivity contribution is -0.385. The van der Waals surface area contributed by atoms with Crippen LogP contribution in [0.4, 0.5) is 5.69 Å². The molecule has 1 aromatic carbocycles. The maximum atomic E-state index is 10.8.